The van der Waals surface area contributed by atoms with Crippen LogP contribution in [0, 0.1) is 0 Å². The number of hydrogen-bond donors (Lipinski definition) is 1. The molecule has 5 rings (SSSR count). The minimum absolute atomic E-state index is 0.444. The van der Waals surface area contributed by atoms with Crippen LogP contribution in [0.5, 0.6) is 0 Å². The Hall–Kier alpha value is -3.12. The molecular formula is C23H21N3O6S2. The van der Waals surface area contributed by atoms with Crippen LogP contribution in [0.2, 0.25) is 0 Å². The van der Waals surface area contributed by atoms with Crippen LogP contribution >= 0.6 is 22.7 Å². The summed E-state index contributed by atoms with van der Waals surface area (Å²) in [5.41, 5.74) is 1.90. The van der Waals surface area contributed by atoms with E-state index in [9.17, 15) is 14.7 Å². The molecule has 1 aliphatic rings. The lowest BCUT2D eigenvalue weighted by atomic mass is 10.1. The Labute approximate surface area is 205 Å². The number of fused-ring (bicyclic) bond motifs is 1. The highest BCUT2D eigenvalue weighted by atomic mass is 32.1. The van der Waals surface area contributed by atoms with Gasteiger partial charge in [-0.25, -0.2) is 9.97 Å². The summed E-state index contributed by atoms with van der Waals surface area (Å²) in [6, 6.07) is 10.0. The highest BCUT2D eigenvalue weighted by molar-refractivity contribution is 7.23. The fourth-order valence-electron chi connectivity index (χ4n) is 4.00. The first-order chi connectivity index (χ1) is 17.5. The van der Waals surface area contributed by atoms with Crippen molar-refractivity contribution in [3.8, 4) is 20.2 Å². The van der Waals surface area contributed by atoms with E-state index < -0.39 is 56.9 Å². The second-order valence-corrected chi connectivity index (χ2v) is 9.51. The normalized spacial score (nSPS) is 23.0. The molecule has 1 saturated heterocycles. The summed E-state index contributed by atoms with van der Waals surface area (Å²) in [6.45, 7) is -1.82. The van der Waals surface area contributed by atoms with Crippen molar-refractivity contribution in [1.29, 1.82) is 0 Å². The van der Waals surface area contributed by atoms with Crippen molar-refractivity contribution >= 4 is 45.8 Å². The highest BCUT2D eigenvalue weighted by Gasteiger charge is 2.50. The second kappa shape index (κ2) is 9.26. The Morgan fingerprint density at radius 2 is 1.91 bits per heavy atom. The van der Waals surface area contributed by atoms with Crippen molar-refractivity contribution in [1.82, 2.24) is 14.5 Å². The molecule has 1 fully saturated rings. The van der Waals surface area contributed by atoms with E-state index >= 15 is 0 Å². The smallest absolute Gasteiger partial charge is 0.303 e. The van der Waals surface area contributed by atoms with Gasteiger partial charge in [0.2, 0.25) is 0 Å². The molecule has 176 valence electrons. The zero-order valence-corrected chi connectivity index (χ0v) is 19.3. The predicted octanol–water partition coefficient (Wildman–Crippen LogP) is 3.64. The third kappa shape index (κ3) is 4.11. The summed E-state index contributed by atoms with van der Waals surface area (Å²) in [5, 5.41) is 11.9. The summed E-state index contributed by atoms with van der Waals surface area (Å²) >= 11 is 3.29. The maximum Gasteiger partial charge on any atom is 0.303 e. The quantitative estimate of drug-likeness (QED) is 0.399. The number of thiophene rings is 2. The molecule has 0 saturated carbocycles. The number of aromatic nitrogens is 3. The second-order valence-electron chi connectivity index (χ2n) is 7.48. The molecule has 0 aliphatic carbocycles. The van der Waals surface area contributed by atoms with Crippen molar-refractivity contribution in [3.05, 3.63) is 48.2 Å². The monoisotopic (exact) mass is 501 g/mol. The standard InChI is InChI=1S/C23H21N3O6S2/c1-12(28)30-20-15(10-27)32-23(21(20)31-13(2)29)26-11-25-19-14(7-8-24-22(19)26)16-5-6-18(34-16)17-4-3-9-33-17/h3-9,11,15,20-21,23,27H,10H2,1-2H3/t15-,20-,21-,23?/m1/s1/i1D,2D. The molecule has 1 N–H and O–H groups in total. The van der Waals surface area contributed by atoms with Gasteiger partial charge in [-0.2, -0.15) is 0 Å². The maximum atomic E-state index is 12.0. The van der Waals surface area contributed by atoms with Crippen molar-refractivity contribution in [2.45, 2.75) is 38.3 Å². The average Bonchev–Trinajstić information content (AvgIpc) is 3.70. The largest absolute Gasteiger partial charge is 0.456 e. The van der Waals surface area contributed by atoms with E-state index in [0.717, 1.165) is 15.3 Å². The van der Waals surface area contributed by atoms with Crippen LogP contribution in [0.4, 0.5) is 0 Å². The fraction of sp³-hybridized carbons (Fsp3) is 0.304. The number of nitrogens with zero attached hydrogens (tertiary/aromatic N) is 3. The van der Waals surface area contributed by atoms with Gasteiger partial charge in [-0.15, -0.1) is 22.7 Å². The van der Waals surface area contributed by atoms with Crippen LogP contribution in [0.15, 0.2) is 48.2 Å². The van der Waals surface area contributed by atoms with Crippen molar-refractivity contribution in [3.63, 3.8) is 0 Å². The van der Waals surface area contributed by atoms with Crippen LogP contribution in [0.1, 0.15) is 22.8 Å². The highest BCUT2D eigenvalue weighted by Crippen LogP contribution is 2.40. The number of rotatable bonds is 6. The first-order valence-corrected chi connectivity index (χ1v) is 11.9. The SMILES string of the molecule is [2H]CC(=O)O[C@@H]1[C@@H](CO)OC(n2cnc3c(-c4ccc(-c5cccs5)s4)ccnc32)[C@@H]1OC(=O)C[2H]. The molecule has 11 heteroatoms. The van der Waals surface area contributed by atoms with Crippen LogP contribution < -0.4 is 0 Å². The van der Waals surface area contributed by atoms with Crippen molar-refractivity contribution < 1.29 is 31.6 Å². The fourth-order valence-corrected chi connectivity index (χ4v) is 5.87. The number of aliphatic hydroxyl groups excluding tert-OH is 1. The van der Waals surface area contributed by atoms with Gasteiger partial charge in [0, 0.05) is 42.9 Å². The number of imidazole rings is 1. The zero-order valence-electron chi connectivity index (χ0n) is 19.7. The summed E-state index contributed by atoms with van der Waals surface area (Å²) in [4.78, 5) is 36.2. The van der Waals surface area contributed by atoms with E-state index in [1.54, 1.807) is 33.4 Å². The number of esters is 2. The third-order valence-electron chi connectivity index (χ3n) is 5.37. The Balaban J connectivity index is 1.53. The molecule has 0 bridgehead atoms. The van der Waals surface area contributed by atoms with E-state index in [1.165, 1.54) is 11.2 Å². The molecule has 4 aromatic heterocycles. The van der Waals surface area contributed by atoms with Gasteiger partial charge in [-0.3, -0.25) is 14.2 Å². The van der Waals surface area contributed by atoms with Crippen molar-refractivity contribution in [2.24, 2.45) is 0 Å². The summed E-state index contributed by atoms with van der Waals surface area (Å²) in [6.07, 6.45) is -1.25. The molecular weight excluding hydrogens is 478 g/mol. The number of carbonyl (C=O) groups excluding carboxylic acids is 2. The first kappa shape index (κ1) is 20.3. The molecule has 34 heavy (non-hydrogen) atoms. The molecule has 9 nitrogen and oxygen atoms in total. The molecule has 4 atom stereocenters. The number of hydrogen-bond acceptors (Lipinski definition) is 10. The summed E-state index contributed by atoms with van der Waals surface area (Å²) in [5.74, 6) is -1.71. The number of aliphatic hydroxyl groups is 1. The molecule has 1 unspecified atom stereocenters. The Morgan fingerprint density at radius 1 is 1.12 bits per heavy atom. The topological polar surface area (TPSA) is 113 Å². The van der Waals surface area contributed by atoms with Gasteiger partial charge in [0.05, 0.1) is 12.9 Å². The van der Waals surface area contributed by atoms with Gasteiger partial charge in [0.15, 0.2) is 24.1 Å². The van der Waals surface area contributed by atoms with Crippen LogP contribution in [-0.4, -0.2) is 56.5 Å². The van der Waals surface area contributed by atoms with Crippen molar-refractivity contribution in [2.75, 3.05) is 6.61 Å². The average molecular weight is 502 g/mol. The van der Waals surface area contributed by atoms with Gasteiger partial charge in [0.1, 0.15) is 11.6 Å². The van der Waals surface area contributed by atoms with Crippen LogP contribution in [0.3, 0.4) is 0 Å². The molecule has 0 spiro atoms. The third-order valence-corrected chi connectivity index (χ3v) is 7.56. The molecule has 1 aliphatic heterocycles. The minimum atomic E-state index is -1.18. The van der Waals surface area contributed by atoms with E-state index in [4.69, 9.17) is 17.0 Å². The maximum absolute atomic E-state index is 12.0. The van der Waals surface area contributed by atoms with Gasteiger partial charge < -0.3 is 19.3 Å². The first-order valence-electron chi connectivity index (χ1n) is 11.6. The number of carbonyl (C=O) groups is 2. The van der Waals surface area contributed by atoms with Crippen LogP contribution in [-0.2, 0) is 23.8 Å². The molecule has 4 aromatic rings. The van der Waals surface area contributed by atoms with E-state index in [1.807, 2.05) is 23.6 Å². The van der Waals surface area contributed by atoms with Crippen LogP contribution in [0.25, 0.3) is 31.4 Å². The van der Waals surface area contributed by atoms with E-state index in [-0.39, 0.29) is 0 Å². The Bertz CT molecular complexity index is 1380. The summed E-state index contributed by atoms with van der Waals surface area (Å²) < 4.78 is 32.8. The van der Waals surface area contributed by atoms with E-state index in [2.05, 4.69) is 22.1 Å². The van der Waals surface area contributed by atoms with Gasteiger partial charge in [-0.1, -0.05) is 6.07 Å². The minimum Gasteiger partial charge on any atom is -0.456 e. The Morgan fingerprint density at radius 3 is 2.65 bits per heavy atom. The molecule has 0 radical (unpaired) electrons. The lowest BCUT2D eigenvalue weighted by Gasteiger charge is -2.23. The molecule has 0 amide bonds. The lowest BCUT2D eigenvalue weighted by molar-refractivity contribution is -0.165. The number of ether oxygens (including phenoxy) is 3. The molecule has 5 heterocycles. The number of pyridine rings is 1. The summed E-state index contributed by atoms with van der Waals surface area (Å²) in [7, 11) is 0. The zero-order chi connectivity index (χ0) is 25.2. The van der Waals surface area contributed by atoms with E-state index in [0.29, 0.717) is 11.2 Å². The predicted molar refractivity (Wildman–Crippen MR) is 126 cm³/mol. The van der Waals surface area contributed by atoms with Gasteiger partial charge >= 0.3 is 11.9 Å². The Kier molecular flexibility index (Phi) is 5.52. The lowest BCUT2D eigenvalue weighted by Crippen LogP contribution is -2.40. The molecule has 0 aromatic carbocycles. The van der Waals surface area contributed by atoms with Gasteiger partial charge in [-0.05, 0) is 29.6 Å². The van der Waals surface area contributed by atoms with Gasteiger partial charge in [0.25, 0.3) is 0 Å².